The monoisotopic (exact) mass is 297 g/mol. The smallest absolute Gasteiger partial charge is 0.329 e. The summed E-state index contributed by atoms with van der Waals surface area (Å²) in [6, 6.07) is 0. The summed E-state index contributed by atoms with van der Waals surface area (Å²) in [5.41, 5.74) is -1.06. The first-order valence-electron chi connectivity index (χ1n) is 7.99. The normalized spacial score (nSPS) is 31.4. The van der Waals surface area contributed by atoms with Crippen LogP contribution in [0.5, 0.6) is 0 Å². The Kier molecular flexibility index (Phi) is 5.58. The Balaban J connectivity index is 1.93. The third kappa shape index (κ3) is 4.41. The van der Waals surface area contributed by atoms with Gasteiger partial charge in [-0.15, -0.1) is 0 Å². The van der Waals surface area contributed by atoms with Crippen molar-refractivity contribution in [1.29, 1.82) is 0 Å². The number of amides is 1. The Labute approximate surface area is 126 Å². The molecule has 1 aliphatic carbocycles. The van der Waals surface area contributed by atoms with E-state index in [2.05, 4.69) is 22.5 Å². The highest BCUT2D eigenvalue weighted by Gasteiger charge is 2.43. The fourth-order valence-electron chi connectivity index (χ4n) is 3.48. The molecule has 6 nitrogen and oxygen atoms in total. The van der Waals surface area contributed by atoms with Gasteiger partial charge in [0.25, 0.3) is 0 Å². The minimum Gasteiger partial charge on any atom is -0.480 e. The van der Waals surface area contributed by atoms with Gasteiger partial charge in [-0.05, 0) is 38.3 Å². The van der Waals surface area contributed by atoms with Gasteiger partial charge >= 0.3 is 5.97 Å². The highest BCUT2D eigenvalue weighted by molar-refractivity contribution is 5.88. The molecule has 1 saturated carbocycles. The average molecular weight is 297 g/mol. The lowest BCUT2D eigenvalue weighted by atomic mass is 9.76. The molecular formula is C15H27N3O3. The molecule has 1 saturated heterocycles. The molecule has 0 spiro atoms. The standard InChI is InChI=1S/C15H27N3O3/c1-12-4-2-5-15(10-12,14(20)21)17-13(19)11-18-8-3-6-16-7-9-18/h12,16H,2-11H2,1H3,(H,17,19)(H,20,21). The zero-order chi connectivity index (χ0) is 15.3. The van der Waals surface area contributed by atoms with Gasteiger partial charge in [0.2, 0.25) is 5.91 Å². The van der Waals surface area contributed by atoms with E-state index in [-0.39, 0.29) is 5.91 Å². The SMILES string of the molecule is CC1CCCC(NC(=O)CN2CCCNCC2)(C(=O)O)C1. The topological polar surface area (TPSA) is 81.7 Å². The van der Waals surface area contributed by atoms with Gasteiger partial charge in [-0.3, -0.25) is 9.69 Å². The number of nitrogens with zero attached hydrogens (tertiary/aromatic N) is 1. The van der Waals surface area contributed by atoms with Gasteiger partial charge in [-0.1, -0.05) is 19.8 Å². The number of hydrogen-bond donors (Lipinski definition) is 3. The van der Waals surface area contributed by atoms with E-state index in [4.69, 9.17) is 0 Å². The van der Waals surface area contributed by atoms with Gasteiger partial charge in [0.05, 0.1) is 6.54 Å². The molecule has 1 aliphatic heterocycles. The third-order valence-electron chi connectivity index (χ3n) is 4.59. The molecule has 3 N–H and O–H groups in total. The maximum atomic E-state index is 12.3. The summed E-state index contributed by atoms with van der Waals surface area (Å²) < 4.78 is 0. The van der Waals surface area contributed by atoms with Crippen molar-refractivity contribution in [2.24, 2.45) is 5.92 Å². The van der Waals surface area contributed by atoms with Crippen molar-refractivity contribution in [3.8, 4) is 0 Å². The molecule has 1 amide bonds. The molecular weight excluding hydrogens is 270 g/mol. The van der Waals surface area contributed by atoms with Crippen molar-refractivity contribution in [2.45, 2.75) is 44.6 Å². The molecule has 21 heavy (non-hydrogen) atoms. The average Bonchev–Trinajstić information content (AvgIpc) is 2.67. The Morgan fingerprint density at radius 2 is 2.14 bits per heavy atom. The van der Waals surface area contributed by atoms with E-state index in [1.54, 1.807) is 0 Å². The summed E-state index contributed by atoms with van der Waals surface area (Å²) in [7, 11) is 0. The number of carbonyl (C=O) groups excluding carboxylic acids is 1. The Bertz CT molecular complexity index is 380. The molecule has 0 aromatic heterocycles. The fourth-order valence-corrected chi connectivity index (χ4v) is 3.48. The van der Waals surface area contributed by atoms with Crippen molar-refractivity contribution >= 4 is 11.9 Å². The van der Waals surface area contributed by atoms with Crippen molar-refractivity contribution in [3.63, 3.8) is 0 Å². The van der Waals surface area contributed by atoms with Gasteiger partial charge in [-0.25, -0.2) is 4.79 Å². The summed E-state index contributed by atoms with van der Waals surface area (Å²) in [6.45, 7) is 5.94. The quantitative estimate of drug-likeness (QED) is 0.701. The van der Waals surface area contributed by atoms with Crippen LogP contribution < -0.4 is 10.6 Å². The van der Waals surface area contributed by atoms with Crippen molar-refractivity contribution in [1.82, 2.24) is 15.5 Å². The van der Waals surface area contributed by atoms with Crippen LogP contribution in [0, 0.1) is 5.92 Å². The van der Waals surface area contributed by atoms with Gasteiger partial charge in [0, 0.05) is 13.1 Å². The van der Waals surface area contributed by atoms with Crippen LogP contribution in [0.25, 0.3) is 0 Å². The number of aliphatic carboxylic acids is 1. The molecule has 2 rings (SSSR count). The molecule has 120 valence electrons. The van der Waals surface area contributed by atoms with Gasteiger partial charge in [0.15, 0.2) is 0 Å². The fraction of sp³-hybridized carbons (Fsp3) is 0.867. The lowest BCUT2D eigenvalue weighted by Gasteiger charge is -2.37. The van der Waals surface area contributed by atoms with Crippen LogP contribution in [-0.2, 0) is 9.59 Å². The molecule has 2 atom stereocenters. The minimum atomic E-state index is -1.06. The van der Waals surface area contributed by atoms with E-state index in [1.807, 2.05) is 0 Å². The van der Waals surface area contributed by atoms with Crippen molar-refractivity contribution < 1.29 is 14.7 Å². The second-order valence-electron chi connectivity index (χ2n) is 6.52. The lowest BCUT2D eigenvalue weighted by Crippen LogP contribution is -2.58. The number of hydrogen-bond acceptors (Lipinski definition) is 4. The van der Waals surface area contributed by atoms with Crippen LogP contribution in [0.4, 0.5) is 0 Å². The summed E-state index contributed by atoms with van der Waals surface area (Å²) >= 11 is 0. The first-order chi connectivity index (χ1) is 10.0. The van der Waals surface area contributed by atoms with Gasteiger partial charge in [-0.2, -0.15) is 0 Å². The molecule has 0 aromatic carbocycles. The van der Waals surface area contributed by atoms with Crippen LogP contribution in [0.15, 0.2) is 0 Å². The van der Waals surface area contributed by atoms with Gasteiger partial charge < -0.3 is 15.7 Å². The maximum absolute atomic E-state index is 12.3. The number of carboxylic acid groups (broad SMARTS) is 1. The van der Waals surface area contributed by atoms with Crippen LogP contribution in [0.3, 0.4) is 0 Å². The number of carbonyl (C=O) groups is 2. The van der Waals surface area contributed by atoms with Crippen LogP contribution >= 0.6 is 0 Å². The molecule has 0 bridgehead atoms. The molecule has 2 fully saturated rings. The van der Waals surface area contributed by atoms with Crippen molar-refractivity contribution in [2.75, 3.05) is 32.7 Å². The van der Waals surface area contributed by atoms with E-state index in [1.165, 1.54) is 0 Å². The summed E-state index contributed by atoms with van der Waals surface area (Å²) in [5.74, 6) is -0.703. The van der Waals surface area contributed by atoms with Crippen molar-refractivity contribution in [3.05, 3.63) is 0 Å². The molecule has 1 heterocycles. The summed E-state index contributed by atoms with van der Waals surface area (Å²) in [6.07, 6.45) is 4.01. The largest absolute Gasteiger partial charge is 0.480 e. The Hall–Kier alpha value is -1.14. The van der Waals surface area contributed by atoms with Crippen LogP contribution in [0.1, 0.15) is 39.0 Å². The van der Waals surface area contributed by atoms with E-state index < -0.39 is 11.5 Å². The number of carboxylic acids is 1. The zero-order valence-electron chi connectivity index (χ0n) is 12.9. The van der Waals surface area contributed by atoms with Crippen LogP contribution in [-0.4, -0.2) is 60.1 Å². The third-order valence-corrected chi connectivity index (χ3v) is 4.59. The second kappa shape index (κ2) is 7.22. The second-order valence-corrected chi connectivity index (χ2v) is 6.52. The Morgan fingerprint density at radius 1 is 1.33 bits per heavy atom. The van der Waals surface area contributed by atoms with E-state index in [0.29, 0.717) is 25.3 Å². The highest BCUT2D eigenvalue weighted by atomic mass is 16.4. The summed E-state index contributed by atoms with van der Waals surface area (Å²) in [4.78, 5) is 26.0. The first kappa shape index (κ1) is 16.2. The van der Waals surface area contributed by atoms with E-state index in [0.717, 1.165) is 45.4 Å². The van der Waals surface area contributed by atoms with Gasteiger partial charge in [0.1, 0.15) is 5.54 Å². The number of rotatable bonds is 4. The minimum absolute atomic E-state index is 0.159. The Morgan fingerprint density at radius 3 is 2.86 bits per heavy atom. The van der Waals surface area contributed by atoms with E-state index in [9.17, 15) is 14.7 Å². The predicted molar refractivity (Wildman–Crippen MR) is 80.1 cm³/mol. The highest BCUT2D eigenvalue weighted by Crippen LogP contribution is 2.32. The summed E-state index contributed by atoms with van der Waals surface area (Å²) in [5, 5.41) is 15.7. The first-order valence-corrected chi connectivity index (χ1v) is 7.99. The molecule has 2 aliphatic rings. The lowest BCUT2D eigenvalue weighted by molar-refractivity contribution is -0.150. The number of nitrogens with one attached hydrogen (secondary N) is 2. The molecule has 0 radical (unpaired) electrons. The molecule has 6 heteroatoms. The maximum Gasteiger partial charge on any atom is 0.329 e. The molecule has 2 unspecified atom stereocenters. The zero-order valence-corrected chi connectivity index (χ0v) is 12.9. The van der Waals surface area contributed by atoms with Crippen LogP contribution in [0.2, 0.25) is 0 Å². The van der Waals surface area contributed by atoms with E-state index >= 15 is 0 Å². The molecule has 0 aromatic rings. The predicted octanol–water partition coefficient (Wildman–Crippen LogP) is 0.431.